The Hall–Kier alpha value is -2.57. The van der Waals surface area contributed by atoms with Gasteiger partial charge in [-0.05, 0) is 35.7 Å². The molecule has 3 heterocycles. The summed E-state index contributed by atoms with van der Waals surface area (Å²) in [5, 5.41) is 8.49. The largest absolute Gasteiger partial charge is 0.320 e. The highest BCUT2D eigenvalue weighted by molar-refractivity contribution is 7.20. The zero-order chi connectivity index (χ0) is 15.6. The monoisotopic (exact) mass is 337 g/mol. The van der Waals surface area contributed by atoms with E-state index in [4.69, 9.17) is 0 Å². The van der Waals surface area contributed by atoms with Crippen LogP contribution in [0.1, 0.15) is 10.5 Å². The number of anilines is 1. The van der Waals surface area contributed by atoms with E-state index in [9.17, 15) is 4.79 Å². The number of amides is 1. The van der Waals surface area contributed by atoms with Crippen molar-refractivity contribution in [3.8, 4) is 9.88 Å². The van der Waals surface area contributed by atoms with Crippen molar-refractivity contribution in [1.82, 2.24) is 9.97 Å². The molecule has 4 nitrogen and oxygen atoms in total. The molecular formula is C17H11N3OS2. The van der Waals surface area contributed by atoms with Gasteiger partial charge in [-0.25, -0.2) is 4.98 Å². The molecule has 0 aliphatic heterocycles. The van der Waals surface area contributed by atoms with Crippen molar-refractivity contribution in [2.75, 3.05) is 5.32 Å². The molecule has 1 amide bonds. The number of hydrogen-bond donors (Lipinski definition) is 1. The van der Waals surface area contributed by atoms with Crippen molar-refractivity contribution < 1.29 is 4.79 Å². The maximum atomic E-state index is 12.5. The van der Waals surface area contributed by atoms with Gasteiger partial charge in [-0.15, -0.1) is 22.7 Å². The minimum Gasteiger partial charge on any atom is -0.320 e. The van der Waals surface area contributed by atoms with E-state index in [1.54, 1.807) is 22.9 Å². The third-order valence-electron chi connectivity index (χ3n) is 3.36. The molecular weight excluding hydrogens is 326 g/mol. The van der Waals surface area contributed by atoms with E-state index in [1.807, 2.05) is 47.8 Å². The van der Waals surface area contributed by atoms with Gasteiger partial charge in [0, 0.05) is 17.0 Å². The molecule has 0 spiro atoms. The summed E-state index contributed by atoms with van der Waals surface area (Å²) in [7, 11) is 0. The molecule has 112 valence electrons. The molecule has 0 atom stereocenters. The number of carbonyl (C=O) groups excluding carboxylic acids is 1. The van der Waals surface area contributed by atoms with Gasteiger partial charge < -0.3 is 5.32 Å². The highest BCUT2D eigenvalue weighted by Gasteiger charge is 2.13. The van der Waals surface area contributed by atoms with Crippen LogP contribution in [0.3, 0.4) is 0 Å². The molecule has 4 aromatic rings. The quantitative estimate of drug-likeness (QED) is 0.591. The van der Waals surface area contributed by atoms with Crippen molar-refractivity contribution in [2.45, 2.75) is 0 Å². The first-order valence-corrected chi connectivity index (χ1v) is 8.72. The smallest absolute Gasteiger partial charge is 0.275 e. The van der Waals surface area contributed by atoms with Gasteiger partial charge in [-0.2, -0.15) is 0 Å². The fourth-order valence-corrected chi connectivity index (χ4v) is 3.90. The van der Waals surface area contributed by atoms with Crippen molar-refractivity contribution in [3.63, 3.8) is 0 Å². The van der Waals surface area contributed by atoms with Gasteiger partial charge >= 0.3 is 0 Å². The Morgan fingerprint density at radius 2 is 2.00 bits per heavy atom. The number of fused-ring (bicyclic) bond motifs is 1. The summed E-state index contributed by atoms with van der Waals surface area (Å²) < 4.78 is 0. The maximum Gasteiger partial charge on any atom is 0.275 e. The molecule has 0 bridgehead atoms. The number of nitrogens with one attached hydrogen (secondary N) is 1. The highest BCUT2D eigenvalue weighted by atomic mass is 32.1. The van der Waals surface area contributed by atoms with Crippen LogP contribution in [-0.2, 0) is 0 Å². The summed E-state index contributed by atoms with van der Waals surface area (Å²) in [4.78, 5) is 22.3. The van der Waals surface area contributed by atoms with E-state index in [2.05, 4.69) is 15.3 Å². The topological polar surface area (TPSA) is 54.9 Å². The lowest BCUT2D eigenvalue weighted by Crippen LogP contribution is -2.12. The predicted molar refractivity (Wildman–Crippen MR) is 95.1 cm³/mol. The zero-order valence-corrected chi connectivity index (χ0v) is 13.5. The van der Waals surface area contributed by atoms with Gasteiger partial charge in [0.05, 0.1) is 16.1 Å². The Labute approximate surface area is 140 Å². The molecule has 0 aliphatic rings. The number of nitrogens with zero attached hydrogens (tertiary/aromatic N) is 2. The Kier molecular flexibility index (Phi) is 3.61. The van der Waals surface area contributed by atoms with Crippen LogP contribution < -0.4 is 5.32 Å². The van der Waals surface area contributed by atoms with E-state index < -0.39 is 0 Å². The summed E-state index contributed by atoms with van der Waals surface area (Å²) in [5.41, 5.74) is 2.02. The van der Waals surface area contributed by atoms with E-state index in [-0.39, 0.29) is 5.91 Å². The molecule has 1 aromatic carbocycles. The number of carbonyl (C=O) groups is 1. The summed E-state index contributed by atoms with van der Waals surface area (Å²) >= 11 is 3.09. The van der Waals surface area contributed by atoms with Crippen LogP contribution in [0, 0.1) is 0 Å². The Morgan fingerprint density at radius 3 is 2.87 bits per heavy atom. The van der Waals surface area contributed by atoms with Gasteiger partial charge in [-0.1, -0.05) is 12.1 Å². The lowest BCUT2D eigenvalue weighted by atomic mass is 10.2. The predicted octanol–water partition coefficient (Wildman–Crippen LogP) is 4.67. The van der Waals surface area contributed by atoms with Crippen LogP contribution in [0.2, 0.25) is 0 Å². The molecule has 3 aromatic heterocycles. The van der Waals surface area contributed by atoms with Crippen LogP contribution in [0.25, 0.3) is 20.8 Å². The standard InChI is InChI=1S/C17H11N3OS2/c21-16(14-10-23-17(20-14)15-7-3-9-22-15)19-13-6-1-5-12-11(13)4-2-8-18-12/h1-10H,(H,19,21). The molecule has 1 N–H and O–H groups in total. The van der Waals surface area contributed by atoms with Gasteiger partial charge in [-0.3, -0.25) is 9.78 Å². The van der Waals surface area contributed by atoms with Gasteiger partial charge in [0.1, 0.15) is 10.7 Å². The average Bonchev–Trinajstić information content (AvgIpc) is 3.26. The van der Waals surface area contributed by atoms with Gasteiger partial charge in [0.15, 0.2) is 0 Å². The molecule has 4 rings (SSSR count). The number of rotatable bonds is 3. The molecule has 0 aliphatic carbocycles. The second-order valence-corrected chi connectivity index (χ2v) is 6.65. The van der Waals surface area contributed by atoms with Crippen LogP contribution in [0.4, 0.5) is 5.69 Å². The third kappa shape index (κ3) is 2.74. The summed E-state index contributed by atoms with van der Waals surface area (Å²) in [5.74, 6) is -0.208. The molecule has 6 heteroatoms. The minimum atomic E-state index is -0.208. The molecule has 0 saturated heterocycles. The number of pyridine rings is 1. The highest BCUT2D eigenvalue weighted by Crippen LogP contribution is 2.28. The molecule has 23 heavy (non-hydrogen) atoms. The van der Waals surface area contributed by atoms with Crippen LogP contribution in [0.15, 0.2) is 59.4 Å². The van der Waals surface area contributed by atoms with Crippen molar-refractivity contribution in [1.29, 1.82) is 0 Å². The van der Waals surface area contributed by atoms with E-state index in [0.29, 0.717) is 5.69 Å². The minimum absolute atomic E-state index is 0.208. The lowest BCUT2D eigenvalue weighted by molar-refractivity contribution is 0.102. The lowest BCUT2D eigenvalue weighted by Gasteiger charge is -2.06. The Balaban J connectivity index is 1.62. The van der Waals surface area contributed by atoms with Gasteiger partial charge in [0.2, 0.25) is 0 Å². The maximum absolute atomic E-state index is 12.5. The summed E-state index contributed by atoms with van der Waals surface area (Å²) in [6.45, 7) is 0. The SMILES string of the molecule is O=C(Nc1cccc2ncccc12)c1csc(-c2cccs2)n1. The van der Waals surface area contributed by atoms with Crippen molar-refractivity contribution in [3.05, 3.63) is 65.1 Å². The molecule has 0 unspecified atom stereocenters. The van der Waals surface area contributed by atoms with E-state index in [0.717, 1.165) is 26.5 Å². The normalized spacial score (nSPS) is 10.8. The van der Waals surface area contributed by atoms with E-state index in [1.165, 1.54) is 11.3 Å². The van der Waals surface area contributed by atoms with Crippen LogP contribution in [-0.4, -0.2) is 15.9 Å². The Morgan fingerprint density at radius 1 is 1.04 bits per heavy atom. The summed E-state index contributed by atoms with van der Waals surface area (Å²) in [6.07, 6.45) is 1.74. The van der Waals surface area contributed by atoms with E-state index >= 15 is 0 Å². The third-order valence-corrected chi connectivity index (χ3v) is 5.24. The Bertz CT molecular complexity index is 971. The fraction of sp³-hybridized carbons (Fsp3) is 0. The van der Waals surface area contributed by atoms with Gasteiger partial charge in [0.25, 0.3) is 5.91 Å². The van der Waals surface area contributed by atoms with Crippen LogP contribution in [0.5, 0.6) is 0 Å². The van der Waals surface area contributed by atoms with Crippen molar-refractivity contribution >= 4 is 45.2 Å². The number of thiophene rings is 1. The molecule has 0 radical (unpaired) electrons. The van der Waals surface area contributed by atoms with Crippen molar-refractivity contribution in [2.24, 2.45) is 0 Å². The average molecular weight is 337 g/mol. The zero-order valence-electron chi connectivity index (χ0n) is 11.9. The summed E-state index contributed by atoms with van der Waals surface area (Å²) in [6, 6.07) is 13.4. The molecule has 0 saturated carbocycles. The first kappa shape index (κ1) is 14.0. The number of thiazole rings is 1. The number of benzene rings is 1. The van der Waals surface area contributed by atoms with Crippen LogP contribution >= 0.6 is 22.7 Å². The second-order valence-electron chi connectivity index (χ2n) is 4.84. The fourth-order valence-electron chi connectivity index (χ4n) is 2.29. The first-order valence-electron chi connectivity index (χ1n) is 6.96. The first-order chi connectivity index (χ1) is 11.3. The molecule has 0 fully saturated rings. The number of aromatic nitrogens is 2. The number of hydrogen-bond acceptors (Lipinski definition) is 5. The second kappa shape index (κ2) is 5.91.